The normalized spacial score (nSPS) is 13.8. The molecule has 0 spiro atoms. The number of carbonyl (C=O) groups is 2. The molecule has 0 saturated heterocycles. The number of hydrogen-bond acceptors (Lipinski definition) is 2. The molecule has 0 heterocycles. The van der Waals surface area contributed by atoms with Crippen molar-refractivity contribution in [1.82, 2.24) is 0 Å². The van der Waals surface area contributed by atoms with Crippen molar-refractivity contribution in [2.45, 2.75) is 13.8 Å². The fourth-order valence-electron chi connectivity index (χ4n) is 1.25. The van der Waals surface area contributed by atoms with Crippen molar-refractivity contribution in [2.24, 2.45) is 11.8 Å². The van der Waals surface area contributed by atoms with Gasteiger partial charge in [-0.05, 0) is 12.1 Å². The van der Waals surface area contributed by atoms with Crippen molar-refractivity contribution in [1.29, 1.82) is 0 Å². The van der Waals surface area contributed by atoms with Crippen molar-refractivity contribution in [2.75, 3.05) is 5.32 Å². The Labute approximate surface area is 98.5 Å². The van der Waals surface area contributed by atoms with Gasteiger partial charge in [0.2, 0.25) is 5.91 Å². The summed E-state index contributed by atoms with van der Waals surface area (Å²) >= 11 is 0. The summed E-state index contributed by atoms with van der Waals surface area (Å²) in [4.78, 5) is 22.4. The maximum atomic E-state index is 13.2. The number of hydrogen-bond donors (Lipinski definition) is 2. The van der Waals surface area contributed by atoms with Crippen LogP contribution in [0.25, 0.3) is 0 Å². The predicted octanol–water partition coefficient (Wildman–Crippen LogP) is 2.12. The molecule has 5 heteroatoms. The number of carboxylic acids is 1. The third kappa shape index (κ3) is 3.27. The van der Waals surface area contributed by atoms with Gasteiger partial charge in [0.15, 0.2) is 0 Å². The van der Waals surface area contributed by atoms with Crippen LogP contribution in [0.3, 0.4) is 0 Å². The van der Waals surface area contributed by atoms with Crippen molar-refractivity contribution in [3.05, 3.63) is 30.1 Å². The molecule has 0 fully saturated rings. The zero-order valence-electron chi connectivity index (χ0n) is 9.61. The second-order valence-electron chi connectivity index (χ2n) is 3.88. The first kappa shape index (κ1) is 13.2. The van der Waals surface area contributed by atoms with Crippen molar-refractivity contribution >= 4 is 17.6 Å². The first-order valence-electron chi connectivity index (χ1n) is 5.21. The number of rotatable bonds is 4. The molecule has 2 atom stereocenters. The molecule has 0 aliphatic heterocycles. The van der Waals surface area contributed by atoms with Crippen LogP contribution < -0.4 is 5.32 Å². The van der Waals surface area contributed by atoms with Crippen LogP contribution >= 0.6 is 0 Å². The highest BCUT2D eigenvalue weighted by Crippen LogP contribution is 2.17. The van der Waals surface area contributed by atoms with Crippen LogP contribution in [0.4, 0.5) is 10.1 Å². The van der Waals surface area contributed by atoms with Crippen LogP contribution in [0, 0.1) is 17.7 Å². The first-order valence-corrected chi connectivity index (χ1v) is 5.21. The van der Waals surface area contributed by atoms with E-state index < -0.39 is 29.5 Å². The number of para-hydroxylation sites is 1. The summed E-state index contributed by atoms with van der Waals surface area (Å²) in [5.74, 6) is -3.66. The Morgan fingerprint density at radius 3 is 2.35 bits per heavy atom. The number of carboxylic acid groups (broad SMARTS) is 1. The van der Waals surface area contributed by atoms with E-state index in [1.165, 1.54) is 32.0 Å². The average Bonchev–Trinajstić information content (AvgIpc) is 2.30. The van der Waals surface area contributed by atoms with Crippen molar-refractivity contribution in [3.63, 3.8) is 0 Å². The zero-order valence-corrected chi connectivity index (χ0v) is 9.61. The molecule has 1 rings (SSSR count). The van der Waals surface area contributed by atoms with Gasteiger partial charge in [-0.25, -0.2) is 4.39 Å². The standard InChI is InChI=1S/C12H14FNO3/c1-7(8(2)12(16)17)11(15)14-10-6-4-3-5-9(10)13/h3-8H,1-2H3,(H,14,15)(H,16,17). The first-order chi connectivity index (χ1) is 7.93. The quantitative estimate of drug-likeness (QED) is 0.845. The molecule has 1 aromatic rings. The van der Waals surface area contributed by atoms with E-state index >= 15 is 0 Å². The number of carbonyl (C=O) groups excluding carboxylic acids is 1. The van der Waals surface area contributed by atoms with Gasteiger partial charge in [0.05, 0.1) is 11.6 Å². The molecular weight excluding hydrogens is 225 g/mol. The number of aliphatic carboxylic acids is 1. The maximum Gasteiger partial charge on any atom is 0.307 e. The molecule has 2 N–H and O–H groups in total. The van der Waals surface area contributed by atoms with E-state index in [0.29, 0.717) is 0 Å². The molecule has 17 heavy (non-hydrogen) atoms. The van der Waals surface area contributed by atoms with Crippen LogP contribution in [0.2, 0.25) is 0 Å². The summed E-state index contributed by atoms with van der Waals surface area (Å²) in [6.45, 7) is 2.93. The Balaban J connectivity index is 2.73. The Kier molecular flexibility index (Phi) is 4.20. The zero-order chi connectivity index (χ0) is 13.0. The predicted molar refractivity (Wildman–Crippen MR) is 61.0 cm³/mol. The Hall–Kier alpha value is -1.91. The highest BCUT2D eigenvalue weighted by atomic mass is 19.1. The number of benzene rings is 1. The van der Waals surface area contributed by atoms with Gasteiger partial charge in [0.1, 0.15) is 5.82 Å². The fraction of sp³-hybridized carbons (Fsp3) is 0.333. The smallest absolute Gasteiger partial charge is 0.307 e. The van der Waals surface area contributed by atoms with Crippen LogP contribution in [-0.4, -0.2) is 17.0 Å². The minimum atomic E-state index is -1.05. The van der Waals surface area contributed by atoms with E-state index in [-0.39, 0.29) is 5.69 Å². The van der Waals surface area contributed by atoms with Gasteiger partial charge in [-0.3, -0.25) is 9.59 Å². The van der Waals surface area contributed by atoms with Crippen LogP contribution in [0.1, 0.15) is 13.8 Å². The lowest BCUT2D eigenvalue weighted by atomic mass is 9.95. The summed E-state index contributed by atoms with van der Waals surface area (Å²) in [7, 11) is 0. The lowest BCUT2D eigenvalue weighted by Crippen LogP contribution is -2.30. The van der Waals surface area contributed by atoms with E-state index in [1.807, 2.05) is 0 Å². The highest BCUT2D eigenvalue weighted by Gasteiger charge is 2.26. The molecule has 0 radical (unpaired) electrons. The van der Waals surface area contributed by atoms with Gasteiger partial charge >= 0.3 is 5.97 Å². The van der Waals surface area contributed by atoms with E-state index in [4.69, 9.17) is 5.11 Å². The molecule has 1 amide bonds. The van der Waals surface area contributed by atoms with E-state index in [2.05, 4.69) is 5.32 Å². The summed E-state index contributed by atoms with van der Waals surface area (Å²) < 4.78 is 13.2. The van der Waals surface area contributed by atoms with Crippen LogP contribution in [0.5, 0.6) is 0 Å². The minimum Gasteiger partial charge on any atom is -0.481 e. The van der Waals surface area contributed by atoms with Crippen LogP contribution in [0.15, 0.2) is 24.3 Å². The molecule has 0 aliphatic rings. The van der Waals surface area contributed by atoms with Crippen LogP contribution in [-0.2, 0) is 9.59 Å². The highest BCUT2D eigenvalue weighted by molar-refractivity contribution is 5.94. The maximum absolute atomic E-state index is 13.2. The molecule has 0 saturated carbocycles. The molecule has 1 aromatic carbocycles. The second-order valence-corrected chi connectivity index (χ2v) is 3.88. The minimum absolute atomic E-state index is 0.0574. The average molecular weight is 239 g/mol. The van der Waals surface area contributed by atoms with Gasteiger partial charge in [0, 0.05) is 5.92 Å². The largest absolute Gasteiger partial charge is 0.481 e. The Morgan fingerprint density at radius 1 is 1.24 bits per heavy atom. The molecule has 0 bridgehead atoms. The van der Waals surface area contributed by atoms with E-state index in [0.717, 1.165) is 0 Å². The second kappa shape index (κ2) is 5.43. The Morgan fingerprint density at radius 2 is 1.82 bits per heavy atom. The third-order valence-corrected chi connectivity index (χ3v) is 2.68. The number of anilines is 1. The van der Waals surface area contributed by atoms with Gasteiger partial charge < -0.3 is 10.4 Å². The van der Waals surface area contributed by atoms with E-state index in [9.17, 15) is 14.0 Å². The summed E-state index contributed by atoms with van der Waals surface area (Å²) in [5, 5.41) is 11.1. The fourth-order valence-corrected chi connectivity index (χ4v) is 1.25. The molecule has 0 aliphatic carbocycles. The number of halogens is 1. The van der Waals surface area contributed by atoms with Gasteiger partial charge in [-0.1, -0.05) is 26.0 Å². The summed E-state index contributed by atoms with van der Waals surface area (Å²) in [6, 6.07) is 5.74. The summed E-state index contributed by atoms with van der Waals surface area (Å²) in [6.07, 6.45) is 0. The van der Waals surface area contributed by atoms with Crippen molar-refractivity contribution in [3.8, 4) is 0 Å². The lowest BCUT2D eigenvalue weighted by Gasteiger charge is -2.15. The van der Waals surface area contributed by atoms with Crippen molar-refractivity contribution < 1.29 is 19.1 Å². The third-order valence-electron chi connectivity index (χ3n) is 2.68. The lowest BCUT2D eigenvalue weighted by molar-refractivity contribution is -0.145. The monoisotopic (exact) mass is 239 g/mol. The van der Waals surface area contributed by atoms with E-state index in [1.54, 1.807) is 6.07 Å². The molecular formula is C12H14FNO3. The van der Waals surface area contributed by atoms with Gasteiger partial charge in [-0.15, -0.1) is 0 Å². The molecule has 2 unspecified atom stereocenters. The molecule has 92 valence electrons. The summed E-state index contributed by atoms with van der Waals surface area (Å²) in [5.41, 5.74) is 0.0574. The number of nitrogens with one attached hydrogen (secondary N) is 1. The number of amides is 1. The Bertz CT molecular complexity index is 434. The van der Waals surface area contributed by atoms with Gasteiger partial charge in [-0.2, -0.15) is 0 Å². The molecule has 0 aromatic heterocycles. The SMILES string of the molecule is CC(C(=O)O)C(C)C(=O)Nc1ccccc1F. The topological polar surface area (TPSA) is 66.4 Å². The van der Waals surface area contributed by atoms with Gasteiger partial charge in [0.25, 0.3) is 0 Å². The molecule has 4 nitrogen and oxygen atoms in total.